The lowest BCUT2D eigenvalue weighted by Gasteiger charge is -2.15. The lowest BCUT2D eigenvalue weighted by molar-refractivity contribution is -0.121. The molecule has 0 spiro atoms. The van der Waals surface area contributed by atoms with Crippen molar-refractivity contribution in [2.24, 2.45) is 0 Å². The fourth-order valence-corrected chi connectivity index (χ4v) is 3.48. The number of hydrogen-bond donors (Lipinski definition) is 2. The molecule has 0 aliphatic heterocycles. The lowest BCUT2D eigenvalue weighted by Crippen LogP contribution is -2.28. The predicted octanol–water partition coefficient (Wildman–Crippen LogP) is 2.10. The van der Waals surface area contributed by atoms with Gasteiger partial charge in [-0.15, -0.1) is 11.3 Å². The van der Waals surface area contributed by atoms with Crippen LogP contribution in [0, 0.1) is 0 Å². The van der Waals surface area contributed by atoms with E-state index >= 15 is 0 Å². The van der Waals surface area contributed by atoms with E-state index in [1.165, 1.54) is 22.6 Å². The number of amides is 1. The number of nitrogens with one attached hydrogen (secondary N) is 2. The second-order valence-electron chi connectivity index (χ2n) is 5.82. The number of aromatic amines is 1. The van der Waals surface area contributed by atoms with Gasteiger partial charge in [0.15, 0.2) is 0 Å². The summed E-state index contributed by atoms with van der Waals surface area (Å²) in [6.45, 7) is 2.19. The molecule has 22 heavy (non-hydrogen) atoms. The highest BCUT2D eigenvalue weighted by Crippen LogP contribution is 2.23. The van der Waals surface area contributed by atoms with E-state index in [-0.39, 0.29) is 5.91 Å². The third kappa shape index (κ3) is 3.75. The van der Waals surface area contributed by atoms with Crippen LogP contribution in [0.2, 0.25) is 0 Å². The number of nitrogens with zero attached hydrogens (tertiary/aromatic N) is 2. The van der Waals surface area contributed by atoms with Crippen molar-refractivity contribution in [1.82, 2.24) is 20.4 Å². The Kier molecular flexibility index (Phi) is 4.90. The second kappa shape index (κ2) is 7.07. The van der Waals surface area contributed by atoms with Crippen molar-refractivity contribution in [3.8, 4) is 0 Å². The Morgan fingerprint density at radius 1 is 1.50 bits per heavy atom. The first kappa shape index (κ1) is 15.2. The second-order valence-corrected chi connectivity index (χ2v) is 6.86. The summed E-state index contributed by atoms with van der Waals surface area (Å²) in [5.74, 6) is 0.104. The van der Waals surface area contributed by atoms with Gasteiger partial charge in [-0.2, -0.15) is 5.10 Å². The van der Waals surface area contributed by atoms with Crippen molar-refractivity contribution in [1.29, 1.82) is 0 Å². The number of aryl methyl sites for hydroxylation is 1. The highest BCUT2D eigenvalue weighted by molar-refractivity contribution is 7.09. The molecule has 2 aromatic rings. The molecule has 2 aromatic heterocycles. The molecule has 1 amide bonds. The zero-order valence-corrected chi connectivity index (χ0v) is 13.7. The topological polar surface area (TPSA) is 61.0 Å². The van der Waals surface area contributed by atoms with Gasteiger partial charge in [-0.25, -0.2) is 0 Å². The minimum Gasteiger partial charge on any atom is -0.351 e. The van der Waals surface area contributed by atoms with Gasteiger partial charge in [0, 0.05) is 30.1 Å². The molecule has 118 valence electrons. The summed E-state index contributed by atoms with van der Waals surface area (Å²) in [5, 5.41) is 12.5. The molecule has 5 nitrogen and oxygen atoms in total. The van der Waals surface area contributed by atoms with Crippen LogP contribution in [-0.2, 0) is 30.7 Å². The third-order valence-electron chi connectivity index (χ3n) is 4.07. The summed E-state index contributed by atoms with van der Waals surface area (Å²) < 4.78 is 0. The van der Waals surface area contributed by atoms with Crippen LogP contribution in [0.15, 0.2) is 17.5 Å². The standard InChI is InChI=1S/C16H22N4OS/c1-20(11-15-13-5-2-6-14(13)18-19-15)8-7-16(21)17-10-12-4-3-9-22-12/h3-4,9H,2,5-8,10-11H2,1H3,(H,17,21)(H,18,19). The third-order valence-corrected chi connectivity index (χ3v) is 4.95. The molecular weight excluding hydrogens is 296 g/mol. The number of H-pyrrole nitrogens is 1. The summed E-state index contributed by atoms with van der Waals surface area (Å²) >= 11 is 1.67. The van der Waals surface area contributed by atoms with E-state index in [0.29, 0.717) is 13.0 Å². The molecule has 1 aliphatic rings. The van der Waals surface area contributed by atoms with Crippen LogP contribution in [0.3, 0.4) is 0 Å². The Morgan fingerprint density at radius 3 is 3.23 bits per heavy atom. The zero-order chi connectivity index (χ0) is 15.4. The molecule has 0 atom stereocenters. The molecule has 2 N–H and O–H groups in total. The Labute approximate surface area is 134 Å². The normalized spacial score (nSPS) is 13.5. The van der Waals surface area contributed by atoms with Crippen molar-refractivity contribution >= 4 is 17.2 Å². The van der Waals surface area contributed by atoms with Crippen LogP contribution in [0.5, 0.6) is 0 Å². The van der Waals surface area contributed by atoms with Crippen molar-refractivity contribution in [2.45, 2.75) is 38.8 Å². The average Bonchev–Trinajstić information content (AvgIpc) is 3.22. The first-order valence-corrected chi connectivity index (χ1v) is 8.63. The minimum absolute atomic E-state index is 0.104. The van der Waals surface area contributed by atoms with Crippen molar-refractivity contribution in [2.75, 3.05) is 13.6 Å². The number of carbonyl (C=O) groups is 1. The van der Waals surface area contributed by atoms with Gasteiger partial charge >= 0.3 is 0 Å². The molecule has 0 saturated carbocycles. The van der Waals surface area contributed by atoms with Gasteiger partial charge in [-0.1, -0.05) is 6.07 Å². The van der Waals surface area contributed by atoms with Crippen LogP contribution in [0.25, 0.3) is 0 Å². The monoisotopic (exact) mass is 318 g/mol. The molecule has 0 saturated heterocycles. The molecule has 1 aliphatic carbocycles. The van der Waals surface area contributed by atoms with Gasteiger partial charge < -0.3 is 5.32 Å². The Balaban J connectivity index is 1.40. The highest BCUT2D eigenvalue weighted by atomic mass is 32.1. The SMILES string of the molecule is CN(CCC(=O)NCc1cccs1)Cc1n[nH]c2c1CCC2. The number of fused-ring (bicyclic) bond motifs is 1. The highest BCUT2D eigenvalue weighted by Gasteiger charge is 2.19. The Hall–Kier alpha value is -1.66. The van der Waals surface area contributed by atoms with E-state index in [0.717, 1.165) is 31.6 Å². The lowest BCUT2D eigenvalue weighted by atomic mass is 10.2. The van der Waals surface area contributed by atoms with E-state index in [1.54, 1.807) is 11.3 Å². The molecule has 0 aromatic carbocycles. The van der Waals surface area contributed by atoms with E-state index in [1.807, 2.05) is 24.6 Å². The maximum atomic E-state index is 11.9. The molecule has 6 heteroatoms. The van der Waals surface area contributed by atoms with Crippen LogP contribution in [-0.4, -0.2) is 34.6 Å². The van der Waals surface area contributed by atoms with Crippen LogP contribution >= 0.6 is 11.3 Å². The van der Waals surface area contributed by atoms with Gasteiger partial charge in [-0.05, 0) is 43.3 Å². The number of aromatic nitrogens is 2. The van der Waals surface area contributed by atoms with Gasteiger partial charge in [-0.3, -0.25) is 14.8 Å². The largest absolute Gasteiger partial charge is 0.351 e. The predicted molar refractivity (Wildman–Crippen MR) is 87.7 cm³/mol. The van der Waals surface area contributed by atoms with Crippen LogP contribution in [0.1, 0.15) is 34.7 Å². The van der Waals surface area contributed by atoms with E-state index in [4.69, 9.17) is 0 Å². The van der Waals surface area contributed by atoms with Gasteiger partial charge in [0.25, 0.3) is 0 Å². The van der Waals surface area contributed by atoms with E-state index in [2.05, 4.69) is 20.4 Å². The van der Waals surface area contributed by atoms with Crippen molar-refractivity contribution < 1.29 is 4.79 Å². The number of thiophene rings is 1. The Morgan fingerprint density at radius 2 is 2.41 bits per heavy atom. The molecule has 0 fully saturated rings. The maximum absolute atomic E-state index is 11.9. The summed E-state index contributed by atoms with van der Waals surface area (Å²) in [6.07, 6.45) is 4.01. The first-order chi connectivity index (χ1) is 10.7. The first-order valence-electron chi connectivity index (χ1n) is 7.75. The maximum Gasteiger partial charge on any atom is 0.221 e. The van der Waals surface area contributed by atoms with E-state index < -0.39 is 0 Å². The molecule has 0 bridgehead atoms. The molecule has 3 rings (SSSR count). The van der Waals surface area contributed by atoms with E-state index in [9.17, 15) is 4.79 Å². The Bertz CT molecular complexity index is 620. The summed E-state index contributed by atoms with van der Waals surface area (Å²) in [5.41, 5.74) is 3.85. The van der Waals surface area contributed by atoms with Gasteiger partial charge in [0.1, 0.15) is 0 Å². The van der Waals surface area contributed by atoms with Crippen LogP contribution in [0.4, 0.5) is 0 Å². The molecule has 2 heterocycles. The number of carbonyl (C=O) groups excluding carboxylic acids is 1. The fraction of sp³-hybridized carbons (Fsp3) is 0.500. The number of rotatable bonds is 7. The molecule has 0 unspecified atom stereocenters. The molecular formula is C16H22N4OS. The van der Waals surface area contributed by atoms with Crippen molar-refractivity contribution in [3.05, 3.63) is 39.3 Å². The fourth-order valence-electron chi connectivity index (χ4n) is 2.83. The van der Waals surface area contributed by atoms with Gasteiger partial charge in [0.05, 0.1) is 12.2 Å². The molecule has 0 radical (unpaired) electrons. The smallest absolute Gasteiger partial charge is 0.221 e. The van der Waals surface area contributed by atoms with Crippen molar-refractivity contribution in [3.63, 3.8) is 0 Å². The minimum atomic E-state index is 0.104. The van der Waals surface area contributed by atoms with Gasteiger partial charge in [0.2, 0.25) is 5.91 Å². The zero-order valence-electron chi connectivity index (χ0n) is 12.9. The average molecular weight is 318 g/mol. The van der Waals surface area contributed by atoms with Crippen LogP contribution < -0.4 is 5.32 Å². The quantitative estimate of drug-likeness (QED) is 0.822. The summed E-state index contributed by atoms with van der Waals surface area (Å²) in [4.78, 5) is 15.2. The number of hydrogen-bond acceptors (Lipinski definition) is 4. The summed E-state index contributed by atoms with van der Waals surface area (Å²) in [7, 11) is 2.04. The summed E-state index contributed by atoms with van der Waals surface area (Å²) in [6, 6.07) is 4.04.